The van der Waals surface area contributed by atoms with Crippen LogP contribution in [-0.4, -0.2) is 38.0 Å². The van der Waals surface area contributed by atoms with Crippen LogP contribution in [0.3, 0.4) is 0 Å². The lowest BCUT2D eigenvalue weighted by Gasteiger charge is -2.20. The molecule has 1 atom stereocenters. The zero-order chi connectivity index (χ0) is 21.0. The van der Waals surface area contributed by atoms with Crippen LogP contribution in [0, 0.1) is 5.92 Å². The first-order valence-corrected chi connectivity index (χ1v) is 9.52. The molecule has 0 saturated carbocycles. The molecule has 1 heterocycles. The lowest BCUT2D eigenvalue weighted by molar-refractivity contribution is -0.122. The largest absolute Gasteiger partial charge is 0.495 e. The van der Waals surface area contributed by atoms with Gasteiger partial charge in [0.2, 0.25) is 11.8 Å². The van der Waals surface area contributed by atoms with Gasteiger partial charge < -0.3 is 19.7 Å². The van der Waals surface area contributed by atoms with E-state index in [9.17, 15) is 14.4 Å². The van der Waals surface area contributed by atoms with Gasteiger partial charge in [-0.1, -0.05) is 11.6 Å². The van der Waals surface area contributed by atoms with E-state index in [4.69, 9.17) is 21.1 Å². The fourth-order valence-corrected chi connectivity index (χ4v) is 3.30. The van der Waals surface area contributed by atoms with Crippen LogP contribution in [-0.2, 0) is 14.3 Å². The number of amides is 2. The van der Waals surface area contributed by atoms with E-state index in [1.54, 1.807) is 49.4 Å². The minimum absolute atomic E-state index is 0.0857. The monoisotopic (exact) mass is 416 g/mol. The summed E-state index contributed by atoms with van der Waals surface area (Å²) in [4.78, 5) is 38.4. The summed E-state index contributed by atoms with van der Waals surface area (Å²) in [7, 11) is 1.51. The van der Waals surface area contributed by atoms with Crippen molar-refractivity contribution in [2.24, 2.45) is 5.92 Å². The Morgan fingerprint density at radius 1 is 1.21 bits per heavy atom. The molecule has 2 amide bonds. The molecule has 8 heteroatoms. The average Bonchev–Trinajstić information content (AvgIpc) is 3.10. The van der Waals surface area contributed by atoms with Gasteiger partial charge in [-0.05, 0) is 49.4 Å². The van der Waals surface area contributed by atoms with Gasteiger partial charge in [0, 0.05) is 23.7 Å². The molecule has 1 fully saturated rings. The third-order valence-electron chi connectivity index (χ3n) is 4.59. The Morgan fingerprint density at radius 2 is 1.93 bits per heavy atom. The van der Waals surface area contributed by atoms with E-state index in [-0.39, 0.29) is 24.8 Å². The van der Waals surface area contributed by atoms with Gasteiger partial charge in [-0.25, -0.2) is 4.79 Å². The van der Waals surface area contributed by atoms with E-state index >= 15 is 0 Å². The van der Waals surface area contributed by atoms with Crippen LogP contribution in [0.25, 0.3) is 0 Å². The van der Waals surface area contributed by atoms with Gasteiger partial charge in [-0.15, -0.1) is 0 Å². The number of carbonyl (C=O) groups is 3. The number of rotatable bonds is 6. The summed E-state index contributed by atoms with van der Waals surface area (Å²) in [5.41, 5.74) is 1.48. The number of methoxy groups -OCH3 is 1. The van der Waals surface area contributed by atoms with Gasteiger partial charge in [0.05, 0.1) is 30.9 Å². The van der Waals surface area contributed by atoms with Crippen LogP contribution < -0.4 is 15.0 Å². The minimum Gasteiger partial charge on any atom is -0.495 e. The second-order valence-electron chi connectivity index (χ2n) is 6.51. The molecule has 7 nitrogen and oxygen atoms in total. The summed E-state index contributed by atoms with van der Waals surface area (Å²) in [6, 6.07) is 11.4. The zero-order valence-electron chi connectivity index (χ0n) is 16.1. The molecule has 0 bridgehead atoms. The van der Waals surface area contributed by atoms with E-state index in [0.29, 0.717) is 34.3 Å². The molecule has 1 N–H and O–H groups in total. The van der Waals surface area contributed by atoms with Gasteiger partial charge in [-0.3, -0.25) is 9.59 Å². The fourth-order valence-electron chi connectivity index (χ4n) is 3.14. The molecule has 3 rings (SSSR count). The molecule has 0 aromatic heterocycles. The molecule has 2 aromatic carbocycles. The lowest BCUT2D eigenvalue weighted by atomic mass is 10.1. The van der Waals surface area contributed by atoms with E-state index in [2.05, 4.69) is 5.32 Å². The molecule has 0 aliphatic carbocycles. The number of hydrogen-bond acceptors (Lipinski definition) is 5. The number of carbonyl (C=O) groups excluding carboxylic acids is 3. The Morgan fingerprint density at radius 3 is 2.59 bits per heavy atom. The summed E-state index contributed by atoms with van der Waals surface area (Å²) < 4.78 is 10.2. The predicted octanol–water partition coefficient (Wildman–Crippen LogP) is 3.52. The Balaban J connectivity index is 1.68. The maximum atomic E-state index is 12.6. The van der Waals surface area contributed by atoms with Crippen molar-refractivity contribution in [2.45, 2.75) is 13.3 Å². The first kappa shape index (κ1) is 20.7. The molecule has 1 aliphatic heterocycles. The van der Waals surface area contributed by atoms with Gasteiger partial charge in [0.25, 0.3) is 0 Å². The van der Waals surface area contributed by atoms with Crippen molar-refractivity contribution in [1.82, 2.24) is 0 Å². The number of benzene rings is 2. The topological polar surface area (TPSA) is 84.9 Å². The van der Waals surface area contributed by atoms with Crippen LogP contribution in [0.15, 0.2) is 42.5 Å². The van der Waals surface area contributed by atoms with E-state index in [1.165, 1.54) is 12.0 Å². The molecule has 0 spiro atoms. The average molecular weight is 417 g/mol. The van der Waals surface area contributed by atoms with Crippen molar-refractivity contribution in [3.8, 4) is 5.75 Å². The Hall–Kier alpha value is -3.06. The third-order valence-corrected chi connectivity index (χ3v) is 4.83. The van der Waals surface area contributed by atoms with Crippen molar-refractivity contribution in [3.05, 3.63) is 53.1 Å². The fraction of sp³-hybridized carbons (Fsp3) is 0.286. The highest BCUT2D eigenvalue weighted by Crippen LogP contribution is 2.35. The SMILES string of the molecule is CCOC(=O)c1ccc(NC(=O)[C@H]2CC(=O)N(c3cc(Cl)ccc3OC)C2)cc1. The van der Waals surface area contributed by atoms with Crippen molar-refractivity contribution in [3.63, 3.8) is 0 Å². The van der Waals surface area contributed by atoms with E-state index in [0.717, 1.165) is 0 Å². The number of halogens is 1. The molecule has 0 unspecified atom stereocenters. The summed E-state index contributed by atoms with van der Waals surface area (Å²) in [6.45, 7) is 2.25. The van der Waals surface area contributed by atoms with Crippen molar-refractivity contribution in [1.29, 1.82) is 0 Å². The normalized spacial score (nSPS) is 15.9. The number of nitrogens with one attached hydrogen (secondary N) is 1. The number of ether oxygens (including phenoxy) is 2. The van der Waals surface area contributed by atoms with Crippen LogP contribution in [0.4, 0.5) is 11.4 Å². The summed E-state index contributed by atoms with van der Waals surface area (Å²) in [5.74, 6) is -0.874. The van der Waals surface area contributed by atoms with Crippen molar-refractivity contribution >= 4 is 40.8 Å². The lowest BCUT2D eigenvalue weighted by Crippen LogP contribution is -2.28. The highest BCUT2D eigenvalue weighted by atomic mass is 35.5. The van der Waals surface area contributed by atoms with Crippen LogP contribution >= 0.6 is 11.6 Å². The van der Waals surface area contributed by atoms with Gasteiger partial charge in [0.15, 0.2) is 0 Å². The molecule has 29 heavy (non-hydrogen) atoms. The number of anilines is 2. The molecular formula is C21H21ClN2O5. The van der Waals surface area contributed by atoms with Crippen LogP contribution in [0.1, 0.15) is 23.7 Å². The molecular weight excluding hydrogens is 396 g/mol. The van der Waals surface area contributed by atoms with Crippen molar-refractivity contribution in [2.75, 3.05) is 30.5 Å². The van der Waals surface area contributed by atoms with E-state index in [1.807, 2.05) is 0 Å². The Labute approximate surface area is 173 Å². The number of nitrogens with zero attached hydrogens (tertiary/aromatic N) is 1. The third kappa shape index (κ3) is 4.68. The molecule has 0 radical (unpaired) electrons. The highest BCUT2D eigenvalue weighted by Gasteiger charge is 2.36. The highest BCUT2D eigenvalue weighted by molar-refractivity contribution is 6.31. The van der Waals surface area contributed by atoms with Crippen molar-refractivity contribution < 1.29 is 23.9 Å². The van der Waals surface area contributed by atoms with Gasteiger partial charge in [-0.2, -0.15) is 0 Å². The zero-order valence-corrected chi connectivity index (χ0v) is 16.9. The summed E-state index contributed by atoms with van der Waals surface area (Å²) in [6.07, 6.45) is 0.0857. The standard InChI is InChI=1S/C21H21ClN2O5/c1-3-29-21(27)13-4-7-16(8-5-13)23-20(26)14-10-19(25)24(12-14)17-11-15(22)6-9-18(17)28-2/h4-9,11,14H,3,10,12H2,1-2H3,(H,23,26)/t14-/m0/s1. The Kier molecular flexibility index (Phi) is 6.39. The first-order valence-electron chi connectivity index (χ1n) is 9.15. The number of esters is 1. The van der Waals surface area contributed by atoms with Gasteiger partial charge >= 0.3 is 5.97 Å². The van der Waals surface area contributed by atoms with Crippen LogP contribution in [0.2, 0.25) is 5.02 Å². The smallest absolute Gasteiger partial charge is 0.338 e. The maximum absolute atomic E-state index is 12.6. The minimum atomic E-state index is -0.518. The Bertz CT molecular complexity index is 929. The second-order valence-corrected chi connectivity index (χ2v) is 6.95. The molecule has 1 saturated heterocycles. The van der Waals surface area contributed by atoms with Gasteiger partial charge in [0.1, 0.15) is 5.75 Å². The quantitative estimate of drug-likeness (QED) is 0.728. The maximum Gasteiger partial charge on any atom is 0.338 e. The number of hydrogen-bond donors (Lipinski definition) is 1. The first-order chi connectivity index (χ1) is 13.9. The molecule has 152 valence electrons. The van der Waals surface area contributed by atoms with E-state index < -0.39 is 11.9 Å². The summed E-state index contributed by atoms with van der Waals surface area (Å²) in [5, 5.41) is 3.26. The predicted molar refractivity (Wildman–Crippen MR) is 109 cm³/mol. The second kappa shape index (κ2) is 8.96. The summed E-state index contributed by atoms with van der Waals surface area (Å²) >= 11 is 6.06. The van der Waals surface area contributed by atoms with Crippen LogP contribution in [0.5, 0.6) is 5.75 Å². The molecule has 1 aliphatic rings. The molecule has 2 aromatic rings.